The van der Waals surface area contributed by atoms with Gasteiger partial charge in [0.1, 0.15) is 18.1 Å². The lowest BCUT2D eigenvalue weighted by Crippen LogP contribution is -2.22. The molecular formula is C17H20ClN3O4. The lowest BCUT2D eigenvalue weighted by atomic mass is 10.2. The number of halogens is 1. The molecule has 7 nitrogen and oxygen atoms in total. The molecule has 2 N–H and O–H groups in total. The van der Waals surface area contributed by atoms with Gasteiger partial charge in [0.15, 0.2) is 5.82 Å². The smallest absolute Gasteiger partial charge is 0.244 e. The first-order valence-electron chi connectivity index (χ1n) is 8.11. The number of aromatic nitrogens is 1. The Morgan fingerprint density at radius 2 is 2.32 bits per heavy atom. The van der Waals surface area contributed by atoms with Gasteiger partial charge in [-0.3, -0.25) is 4.79 Å². The number of ether oxygens (including phenoxy) is 2. The van der Waals surface area contributed by atoms with Crippen molar-refractivity contribution in [3.63, 3.8) is 0 Å². The number of rotatable bonds is 7. The second-order valence-electron chi connectivity index (χ2n) is 5.81. The van der Waals surface area contributed by atoms with Gasteiger partial charge in [-0.2, -0.15) is 0 Å². The van der Waals surface area contributed by atoms with Crippen LogP contribution >= 0.6 is 11.6 Å². The van der Waals surface area contributed by atoms with Gasteiger partial charge in [-0.25, -0.2) is 0 Å². The molecule has 1 aliphatic rings. The first-order valence-corrected chi connectivity index (χ1v) is 8.49. The van der Waals surface area contributed by atoms with Gasteiger partial charge in [-0.05, 0) is 38.0 Å². The summed E-state index contributed by atoms with van der Waals surface area (Å²) in [5, 5.41) is 9.96. The monoisotopic (exact) mass is 365 g/mol. The number of hydrogen-bond acceptors (Lipinski definition) is 6. The molecule has 0 aliphatic carbocycles. The molecule has 25 heavy (non-hydrogen) atoms. The van der Waals surface area contributed by atoms with Crippen molar-refractivity contribution >= 4 is 29.0 Å². The van der Waals surface area contributed by atoms with Crippen molar-refractivity contribution in [3.8, 4) is 5.75 Å². The van der Waals surface area contributed by atoms with Crippen LogP contribution in [0.15, 0.2) is 28.8 Å². The van der Waals surface area contributed by atoms with Crippen LogP contribution in [0.3, 0.4) is 0 Å². The predicted molar refractivity (Wildman–Crippen MR) is 94.3 cm³/mol. The van der Waals surface area contributed by atoms with Gasteiger partial charge >= 0.3 is 0 Å². The van der Waals surface area contributed by atoms with E-state index in [2.05, 4.69) is 15.8 Å². The molecule has 1 fully saturated rings. The van der Waals surface area contributed by atoms with E-state index in [9.17, 15) is 4.79 Å². The Morgan fingerprint density at radius 3 is 3.04 bits per heavy atom. The standard InChI is InChI=1S/C17H20ClN3O4/c1-11-7-16(21-25-11)20-17(22)9-19-14-8-12(18)4-5-15(14)24-10-13-3-2-6-23-13/h4-5,7-8,13,19H,2-3,6,9-10H2,1H3,(H,20,21,22)/t13-/m1/s1. The number of amides is 1. The van der Waals surface area contributed by atoms with Crippen LogP contribution in [0.25, 0.3) is 0 Å². The summed E-state index contributed by atoms with van der Waals surface area (Å²) >= 11 is 6.05. The van der Waals surface area contributed by atoms with E-state index < -0.39 is 0 Å². The highest BCUT2D eigenvalue weighted by molar-refractivity contribution is 6.30. The zero-order chi connectivity index (χ0) is 17.6. The van der Waals surface area contributed by atoms with E-state index in [0.717, 1.165) is 19.4 Å². The van der Waals surface area contributed by atoms with Crippen molar-refractivity contribution in [2.45, 2.75) is 25.9 Å². The number of benzene rings is 1. The minimum Gasteiger partial charge on any atom is -0.489 e. The molecule has 134 valence electrons. The molecule has 1 atom stereocenters. The van der Waals surface area contributed by atoms with Crippen LogP contribution in [0.4, 0.5) is 11.5 Å². The lowest BCUT2D eigenvalue weighted by Gasteiger charge is -2.16. The molecular weight excluding hydrogens is 346 g/mol. The van der Waals surface area contributed by atoms with Crippen molar-refractivity contribution < 1.29 is 18.8 Å². The minimum atomic E-state index is -0.252. The molecule has 1 saturated heterocycles. The molecule has 0 saturated carbocycles. The molecule has 1 aliphatic heterocycles. The van der Waals surface area contributed by atoms with Gasteiger partial charge in [0, 0.05) is 17.7 Å². The number of aryl methyl sites for hydroxylation is 1. The van der Waals surface area contributed by atoms with Crippen LogP contribution in [0.5, 0.6) is 5.75 Å². The molecule has 0 unspecified atom stereocenters. The number of carbonyl (C=O) groups excluding carboxylic acids is 1. The second kappa shape index (κ2) is 8.22. The molecule has 0 bridgehead atoms. The van der Waals surface area contributed by atoms with Crippen molar-refractivity contribution in [1.82, 2.24) is 5.16 Å². The van der Waals surface area contributed by atoms with Gasteiger partial charge in [-0.1, -0.05) is 16.8 Å². The molecule has 1 aromatic heterocycles. The van der Waals surface area contributed by atoms with Crippen LogP contribution in [0.1, 0.15) is 18.6 Å². The lowest BCUT2D eigenvalue weighted by molar-refractivity contribution is -0.114. The van der Waals surface area contributed by atoms with Crippen LogP contribution in [0.2, 0.25) is 5.02 Å². The van der Waals surface area contributed by atoms with Crippen molar-refractivity contribution in [1.29, 1.82) is 0 Å². The zero-order valence-corrected chi connectivity index (χ0v) is 14.6. The summed E-state index contributed by atoms with van der Waals surface area (Å²) in [6.45, 7) is 3.05. The van der Waals surface area contributed by atoms with Crippen molar-refractivity contribution in [2.24, 2.45) is 0 Å². The fourth-order valence-electron chi connectivity index (χ4n) is 2.51. The molecule has 2 heterocycles. The summed E-state index contributed by atoms with van der Waals surface area (Å²) in [7, 11) is 0. The Bertz CT molecular complexity index is 728. The predicted octanol–water partition coefficient (Wildman–Crippen LogP) is 3.24. The van der Waals surface area contributed by atoms with E-state index in [1.165, 1.54) is 0 Å². The van der Waals surface area contributed by atoms with Crippen LogP contribution in [0, 0.1) is 6.92 Å². The third kappa shape index (κ3) is 5.11. The van der Waals surface area contributed by atoms with E-state index in [1.54, 1.807) is 31.2 Å². The topological polar surface area (TPSA) is 85.6 Å². The maximum absolute atomic E-state index is 12.0. The van der Waals surface area contributed by atoms with E-state index >= 15 is 0 Å². The van der Waals surface area contributed by atoms with Crippen molar-refractivity contribution in [3.05, 3.63) is 35.0 Å². The molecule has 1 aromatic carbocycles. The highest BCUT2D eigenvalue weighted by atomic mass is 35.5. The van der Waals surface area contributed by atoms with E-state index in [1.807, 2.05) is 0 Å². The van der Waals surface area contributed by atoms with E-state index in [4.69, 9.17) is 25.6 Å². The molecule has 0 spiro atoms. The maximum Gasteiger partial charge on any atom is 0.244 e. The van der Waals surface area contributed by atoms with Crippen LogP contribution < -0.4 is 15.4 Å². The van der Waals surface area contributed by atoms with Crippen molar-refractivity contribution in [2.75, 3.05) is 30.4 Å². The normalized spacial score (nSPS) is 16.6. The largest absolute Gasteiger partial charge is 0.489 e. The molecule has 2 aromatic rings. The molecule has 1 amide bonds. The summed E-state index contributed by atoms with van der Waals surface area (Å²) in [6.07, 6.45) is 2.17. The Hall–Kier alpha value is -2.25. The second-order valence-corrected chi connectivity index (χ2v) is 6.25. The highest BCUT2D eigenvalue weighted by Gasteiger charge is 2.17. The minimum absolute atomic E-state index is 0.0442. The molecule has 8 heteroatoms. The number of carbonyl (C=O) groups is 1. The average Bonchev–Trinajstić information content (AvgIpc) is 3.24. The van der Waals surface area contributed by atoms with E-state index in [-0.39, 0.29) is 18.6 Å². The number of nitrogens with one attached hydrogen (secondary N) is 2. The third-order valence-electron chi connectivity index (χ3n) is 3.73. The summed E-state index contributed by atoms with van der Waals surface area (Å²) in [4.78, 5) is 12.0. The van der Waals surface area contributed by atoms with Gasteiger partial charge in [-0.15, -0.1) is 0 Å². The fraction of sp³-hybridized carbons (Fsp3) is 0.412. The quantitative estimate of drug-likeness (QED) is 0.783. The molecule has 3 rings (SSSR count). The average molecular weight is 366 g/mol. The van der Waals surface area contributed by atoms with Gasteiger partial charge < -0.3 is 24.6 Å². The summed E-state index contributed by atoms with van der Waals surface area (Å²) in [6, 6.07) is 6.89. The Morgan fingerprint density at radius 1 is 1.44 bits per heavy atom. The summed E-state index contributed by atoms with van der Waals surface area (Å²) in [5.41, 5.74) is 0.650. The van der Waals surface area contributed by atoms with Gasteiger partial charge in [0.2, 0.25) is 5.91 Å². The van der Waals surface area contributed by atoms with E-state index in [0.29, 0.717) is 34.6 Å². The number of hydrogen-bond donors (Lipinski definition) is 2. The fourth-order valence-corrected chi connectivity index (χ4v) is 2.68. The SMILES string of the molecule is Cc1cc(NC(=O)CNc2cc(Cl)ccc2OC[C@H]2CCCO2)no1. The Kier molecular flexibility index (Phi) is 5.78. The maximum atomic E-state index is 12.0. The highest BCUT2D eigenvalue weighted by Crippen LogP contribution is 2.28. The van der Waals surface area contributed by atoms with Crippen LogP contribution in [-0.2, 0) is 9.53 Å². The Balaban J connectivity index is 1.56. The van der Waals surface area contributed by atoms with Gasteiger partial charge in [0.05, 0.1) is 18.3 Å². The first-order chi connectivity index (χ1) is 12.1. The zero-order valence-electron chi connectivity index (χ0n) is 13.9. The number of anilines is 2. The summed E-state index contributed by atoms with van der Waals surface area (Å²) in [5.74, 6) is 1.39. The van der Waals surface area contributed by atoms with Crippen LogP contribution in [-0.4, -0.2) is 36.9 Å². The summed E-state index contributed by atoms with van der Waals surface area (Å²) < 4.78 is 16.3. The molecule has 0 radical (unpaired) electrons. The third-order valence-corrected chi connectivity index (χ3v) is 3.96. The van der Waals surface area contributed by atoms with Gasteiger partial charge in [0.25, 0.3) is 0 Å². The number of nitrogens with zero attached hydrogens (tertiary/aromatic N) is 1. The first kappa shape index (κ1) is 17.6. The Labute approximate surface area is 150 Å².